The number of rotatable bonds is 8. The number of urea groups is 1. The first-order valence-corrected chi connectivity index (χ1v) is 14.4. The van der Waals surface area contributed by atoms with Gasteiger partial charge in [0.1, 0.15) is 5.82 Å². The maximum Gasteiger partial charge on any atom is 0.324 e. The number of amides is 2. The molecule has 2 heterocycles. The van der Waals surface area contributed by atoms with Gasteiger partial charge in [-0.05, 0) is 47.6 Å². The number of aromatic nitrogens is 2. The molecule has 8 heteroatoms. The van der Waals surface area contributed by atoms with Gasteiger partial charge < -0.3 is 10.1 Å². The summed E-state index contributed by atoms with van der Waals surface area (Å²) < 4.78 is 7.17. The summed E-state index contributed by atoms with van der Waals surface area (Å²) in [6.07, 6.45) is 2.75. The molecule has 2 amide bonds. The van der Waals surface area contributed by atoms with Gasteiger partial charge in [-0.2, -0.15) is 5.10 Å². The van der Waals surface area contributed by atoms with Crippen LogP contribution in [0.4, 0.5) is 16.3 Å². The van der Waals surface area contributed by atoms with Gasteiger partial charge in [0.25, 0.3) is 0 Å². The second-order valence-corrected chi connectivity index (χ2v) is 11.7. The highest BCUT2D eigenvalue weighted by atomic mass is 16.5. The van der Waals surface area contributed by atoms with Crippen LogP contribution in [0.1, 0.15) is 57.4 Å². The molecule has 3 aromatic carbocycles. The Bertz CT molecular complexity index is 1550. The minimum absolute atomic E-state index is 0.177. The molecule has 0 atom stereocenters. The molecule has 5 rings (SSSR count). The van der Waals surface area contributed by atoms with Crippen LogP contribution in [0, 0.1) is 0 Å². The molecule has 0 unspecified atom stereocenters. The summed E-state index contributed by atoms with van der Waals surface area (Å²) >= 11 is 0. The van der Waals surface area contributed by atoms with Crippen LogP contribution in [0.25, 0.3) is 16.5 Å². The molecule has 0 aliphatic carbocycles. The van der Waals surface area contributed by atoms with E-state index in [1.165, 1.54) is 5.56 Å². The van der Waals surface area contributed by atoms with Crippen molar-refractivity contribution in [1.29, 1.82) is 0 Å². The van der Waals surface area contributed by atoms with Crippen molar-refractivity contribution in [2.24, 2.45) is 0 Å². The van der Waals surface area contributed by atoms with Gasteiger partial charge in [-0.1, -0.05) is 76.6 Å². The number of unbranched alkanes of at least 4 members (excludes halogenated alkanes) is 1. The largest absolute Gasteiger partial charge is 0.465 e. The number of fused-ring (bicyclic) bond motifs is 2. The number of nitrogens with zero attached hydrogens (tertiary/aromatic N) is 3. The van der Waals surface area contributed by atoms with Crippen LogP contribution in [0.2, 0.25) is 0 Å². The van der Waals surface area contributed by atoms with E-state index >= 15 is 0 Å². The number of esters is 1. The van der Waals surface area contributed by atoms with E-state index in [0.29, 0.717) is 19.0 Å². The van der Waals surface area contributed by atoms with Crippen LogP contribution in [-0.2, 0) is 27.9 Å². The molecule has 1 aliphatic rings. The van der Waals surface area contributed by atoms with Crippen LogP contribution >= 0.6 is 0 Å². The Morgan fingerprint density at radius 3 is 2.59 bits per heavy atom. The third-order valence-corrected chi connectivity index (χ3v) is 7.40. The SMILES string of the molecule is CCCCOC(=O)CN1CCc2ccc(-n3nc(C(C)(C)C)cc3NC(=O)Nc3cccc4ccccc34)cc2C1. The average molecular weight is 554 g/mol. The topological polar surface area (TPSA) is 88.5 Å². The second kappa shape index (κ2) is 12.1. The van der Waals surface area contributed by atoms with Gasteiger partial charge in [0.2, 0.25) is 0 Å². The molecule has 8 nitrogen and oxygen atoms in total. The molecular weight excluding hydrogens is 514 g/mol. The van der Waals surface area contributed by atoms with Crippen LogP contribution < -0.4 is 10.6 Å². The van der Waals surface area contributed by atoms with Crippen molar-refractivity contribution in [1.82, 2.24) is 14.7 Å². The molecule has 2 N–H and O–H groups in total. The highest BCUT2D eigenvalue weighted by Gasteiger charge is 2.24. The fourth-order valence-corrected chi connectivity index (χ4v) is 5.06. The summed E-state index contributed by atoms with van der Waals surface area (Å²) in [5, 5.41) is 13.0. The lowest BCUT2D eigenvalue weighted by Gasteiger charge is -2.28. The summed E-state index contributed by atoms with van der Waals surface area (Å²) in [5.74, 6) is 0.406. The van der Waals surface area contributed by atoms with Crippen molar-refractivity contribution in [2.45, 2.75) is 58.9 Å². The highest BCUT2D eigenvalue weighted by Crippen LogP contribution is 2.29. The molecule has 1 aliphatic heterocycles. The van der Waals surface area contributed by atoms with Gasteiger partial charge in [-0.3, -0.25) is 15.0 Å². The first-order chi connectivity index (χ1) is 19.7. The summed E-state index contributed by atoms with van der Waals surface area (Å²) in [7, 11) is 0. The Kier molecular flexibility index (Phi) is 8.40. The number of hydrogen-bond acceptors (Lipinski definition) is 5. The fourth-order valence-electron chi connectivity index (χ4n) is 5.06. The van der Waals surface area contributed by atoms with Crippen molar-refractivity contribution < 1.29 is 14.3 Å². The third kappa shape index (κ3) is 6.77. The number of ether oxygens (including phenoxy) is 1. The van der Waals surface area contributed by atoms with Gasteiger partial charge >= 0.3 is 12.0 Å². The van der Waals surface area contributed by atoms with Gasteiger partial charge in [-0.25, -0.2) is 9.48 Å². The predicted octanol–water partition coefficient (Wildman–Crippen LogP) is 6.67. The van der Waals surface area contributed by atoms with Crippen molar-refractivity contribution in [3.05, 3.63) is 83.6 Å². The highest BCUT2D eigenvalue weighted by molar-refractivity contribution is 6.06. The second-order valence-electron chi connectivity index (χ2n) is 11.7. The van der Waals surface area contributed by atoms with Crippen LogP contribution in [0.3, 0.4) is 0 Å². The fraction of sp³-hybridized carbons (Fsp3) is 0.364. The van der Waals surface area contributed by atoms with Crippen molar-refractivity contribution in [2.75, 3.05) is 30.3 Å². The van der Waals surface area contributed by atoms with E-state index in [0.717, 1.165) is 59.2 Å². The van der Waals surface area contributed by atoms with Gasteiger partial charge in [0.15, 0.2) is 0 Å². The quantitative estimate of drug-likeness (QED) is 0.188. The van der Waals surface area contributed by atoms with E-state index in [-0.39, 0.29) is 24.0 Å². The predicted molar refractivity (Wildman–Crippen MR) is 164 cm³/mol. The number of anilines is 2. The van der Waals surface area contributed by atoms with E-state index in [2.05, 4.69) is 55.4 Å². The van der Waals surface area contributed by atoms with Gasteiger partial charge in [0, 0.05) is 30.0 Å². The summed E-state index contributed by atoms with van der Waals surface area (Å²) in [6, 6.07) is 21.7. The Morgan fingerprint density at radius 1 is 0.976 bits per heavy atom. The molecule has 0 fully saturated rings. The van der Waals surface area contributed by atoms with Crippen molar-refractivity contribution in [3.63, 3.8) is 0 Å². The van der Waals surface area contributed by atoms with E-state index < -0.39 is 0 Å². The van der Waals surface area contributed by atoms with E-state index in [1.54, 1.807) is 4.68 Å². The zero-order chi connectivity index (χ0) is 29.0. The molecule has 0 saturated heterocycles. The molecule has 0 spiro atoms. The van der Waals surface area contributed by atoms with Gasteiger partial charge in [-0.15, -0.1) is 0 Å². The molecule has 0 saturated carbocycles. The van der Waals surface area contributed by atoms with E-state index in [4.69, 9.17) is 9.84 Å². The number of carbonyl (C=O) groups is 2. The molecular formula is C33H39N5O3. The van der Waals surface area contributed by atoms with E-state index in [9.17, 15) is 9.59 Å². The Labute approximate surface area is 241 Å². The smallest absolute Gasteiger partial charge is 0.324 e. The minimum atomic E-state index is -0.339. The molecule has 214 valence electrons. The minimum Gasteiger partial charge on any atom is -0.465 e. The van der Waals surface area contributed by atoms with Crippen LogP contribution in [-0.4, -0.2) is 46.4 Å². The number of benzene rings is 3. The lowest BCUT2D eigenvalue weighted by atomic mass is 9.92. The molecule has 41 heavy (non-hydrogen) atoms. The lowest BCUT2D eigenvalue weighted by molar-refractivity contribution is -0.145. The van der Waals surface area contributed by atoms with Crippen LogP contribution in [0.15, 0.2) is 66.7 Å². The lowest BCUT2D eigenvalue weighted by Crippen LogP contribution is -2.35. The summed E-state index contributed by atoms with van der Waals surface area (Å²) in [5.41, 5.74) is 4.66. The molecule has 4 aromatic rings. The maximum atomic E-state index is 13.2. The standard InChI is InChI=1S/C33H39N5O3/c1-5-6-18-41-31(39)22-37-17-16-23-14-15-26(19-25(23)21-37)38-30(20-29(36-38)33(2,3)4)35-32(40)34-28-13-9-11-24-10-7-8-12-27(24)28/h7-15,19-20H,5-6,16-18,21-22H2,1-4H3,(H2,34,35,40). The Balaban J connectivity index is 1.37. The number of nitrogens with one attached hydrogen (secondary N) is 2. The Hall–Kier alpha value is -4.17. The van der Waals surface area contributed by atoms with Crippen molar-refractivity contribution in [3.8, 4) is 5.69 Å². The zero-order valence-corrected chi connectivity index (χ0v) is 24.4. The molecule has 0 bridgehead atoms. The molecule has 0 radical (unpaired) electrons. The van der Waals surface area contributed by atoms with Crippen LogP contribution in [0.5, 0.6) is 0 Å². The number of hydrogen-bond donors (Lipinski definition) is 2. The first kappa shape index (κ1) is 28.4. The first-order valence-electron chi connectivity index (χ1n) is 14.4. The normalized spacial score (nSPS) is 13.6. The molecule has 1 aromatic heterocycles. The summed E-state index contributed by atoms with van der Waals surface area (Å²) in [4.78, 5) is 27.7. The third-order valence-electron chi connectivity index (χ3n) is 7.40. The monoisotopic (exact) mass is 553 g/mol. The van der Waals surface area contributed by atoms with E-state index in [1.807, 2.05) is 54.6 Å². The van der Waals surface area contributed by atoms with Gasteiger partial charge in [0.05, 0.1) is 30.2 Å². The van der Waals surface area contributed by atoms with Crippen molar-refractivity contribution >= 4 is 34.3 Å². The summed E-state index contributed by atoms with van der Waals surface area (Å²) in [6.45, 7) is 10.6. The Morgan fingerprint density at radius 2 is 1.78 bits per heavy atom. The average Bonchev–Trinajstić information content (AvgIpc) is 3.37. The number of carbonyl (C=O) groups excluding carboxylic acids is 2. The maximum absolute atomic E-state index is 13.2. The zero-order valence-electron chi connectivity index (χ0n) is 24.4.